The third-order valence-electron chi connectivity index (χ3n) is 2.65. The highest BCUT2D eigenvalue weighted by Gasteiger charge is 2.38. The second-order valence-electron chi connectivity index (χ2n) is 4.36. The minimum atomic E-state index is -5.08. The van der Waals surface area contributed by atoms with Crippen molar-refractivity contribution in [2.75, 3.05) is 0 Å². The summed E-state index contributed by atoms with van der Waals surface area (Å²) in [6, 6.07) is 3.43. The van der Waals surface area contributed by atoms with Gasteiger partial charge < -0.3 is 14.8 Å². The topological polar surface area (TPSA) is 79.5 Å². The van der Waals surface area contributed by atoms with Crippen LogP contribution < -0.4 is 0 Å². The molecule has 0 aliphatic rings. The van der Waals surface area contributed by atoms with Gasteiger partial charge in [-0.2, -0.15) is 13.2 Å². The Labute approximate surface area is 129 Å². The molecule has 0 fully saturated rings. The maximum Gasteiger partial charge on any atom is 0.490 e. The maximum absolute atomic E-state index is 13.0. The molecule has 0 amide bonds. The van der Waals surface area contributed by atoms with E-state index in [1.165, 1.54) is 6.07 Å². The lowest BCUT2D eigenvalue weighted by Crippen LogP contribution is -2.21. The van der Waals surface area contributed by atoms with Gasteiger partial charge in [0.2, 0.25) is 0 Å². The van der Waals surface area contributed by atoms with E-state index in [1.54, 1.807) is 0 Å². The second kappa shape index (κ2) is 7.23. The van der Waals surface area contributed by atoms with Crippen LogP contribution >= 0.6 is 0 Å². The molecule has 0 bridgehead atoms. The number of rotatable bonds is 3. The molecule has 0 saturated heterocycles. The van der Waals surface area contributed by atoms with Gasteiger partial charge in [0.15, 0.2) is 0 Å². The number of benzene rings is 1. The lowest BCUT2D eigenvalue weighted by molar-refractivity contribution is -0.192. The predicted molar refractivity (Wildman–Crippen MR) is 68.6 cm³/mol. The lowest BCUT2D eigenvalue weighted by atomic mass is 10.2. The number of alkyl halides is 5. The molecule has 0 aliphatic heterocycles. The summed E-state index contributed by atoms with van der Waals surface area (Å²) in [5, 5.41) is 16.1. The summed E-state index contributed by atoms with van der Waals surface area (Å²) in [5.41, 5.74) is 0.101. The van der Waals surface area contributed by atoms with Crippen LogP contribution in [0.5, 0.6) is 0 Å². The smallest absolute Gasteiger partial charge is 0.478 e. The van der Waals surface area contributed by atoms with Crippen LogP contribution in [0.3, 0.4) is 0 Å². The summed E-state index contributed by atoms with van der Waals surface area (Å²) in [7, 11) is 0. The quantitative estimate of drug-likeness (QED) is 0.826. The van der Waals surface area contributed by atoms with Gasteiger partial charge in [0, 0.05) is 17.1 Å². The van der Waals surface area contributed by atoms with E-state index < -0.39 is 36.9 Å². The van der Waals surface area contributed by atoms with Crippen molar-refractivity contribution in [2.45, 2.75) is 19.1 Å². The highest BCUT2D eigenvalue weighted by molar-refractivity contribution is 6.03. The normalized spacial score (nSPS) is 11.3. The van der Waals surface area contributed by atoms with E-state index in [0.29, 0.717) is 0 Å². The Morgan fingerprint density at radius 3 is 2.12 bits per heavy atom. The van der Waals surface area contributed by atoms with Gasteiger partial charge in [-0.3, -0.25) is 0 Å². The fraction of sp³-hybridized carbons (Fsp3) is 0.231. The van der Waals surface area contributed by atoms with Crippen molar-refractivity contribution < 1.29 is 46.1 Å². The van der Waals surface area contributed by atoms with Crippen molar-refractivity contribution in [1.29, 1.82) is 0 Å². The van der Waals surface area contributed by atoms with Crippen molar-refractivity contribution in [3.8, 4) is 0 Å². The van der Waals surface area contributed by atoms with Crippen LogP contribution in [0.25, 0.3) is 10.9 Å². The molecule has 0 atom stereocenters. The molecule has 0 radical (unpaired) electrons. The average Bonchev–Trinajstić information content (AvgIpc) is 2.75. The second-order valence-corrected chi connectivity index (χ2v) is 4.36. The number of fused-ring (bicyclic) bond motifs is 1. The van der Waals surface area contributed by atoms with Gasteiger partial charge in [-0.05, 0) is 18.2 Å². The molecule has 0 aliphatic carbocycles. The van der Waals surface area contributed by atoms with Gasteiger partial charge in [-0.25, -0.2) is 22.8 Å². The number of halogens is 6. The van der Waals surface area contributed by atoms with E-state index in [-0.39, 0.29) is 16.5 Å². The zero-order valence-corrected chi connectivity index (χ0v) is 11.5. The van der Waals surface area contributed by atoms with Crippen molar-refractivity contribution >= 4 is 22.8 Å². The largest absolute Gasteiger partial charge is 0.490 e. The molecule has 24 heavy (non-hydrogen) atoms. The maximum atomic E-state index is 13.0. The molecular formula is C13H9F6NO4. The number of nitrogens with zero attached hydrogens (tertiary/aromatic N) is 1. The van der Waals surface area contributed by atoms with Crippen LogP contribution in [0, 0.1) is 5.82 Å². The Balaban J connectivity index is 0.000000351. The molecule has 2 rings (SSSR count). The fourth-order valence-electron chi connectivity index (χ4n) is 1.74. The molecule has 11 heteroatoms. The zero-order chi connectivity index (χ0) is 18.7. The monoisotopic (exact) mass is 357 g/mol. The molecule has 2 aromatic rings. The Morgan fingerprint density at radius 1 is 1.17 bits per heavy atom. The molecule has 0 unspecified atom stereocenters. The van der Waals surface area contributed by atoms with Crippen LogP contribution in [-0.2, 0) is 11.3 Å². The molecule has 0 saturated carbocycles. The van der Waals surface area contributed by atoms with Gasteiger partial charge in [0.1, 0.15) is 5.82 Å². The third kappa shape index (κ3) is 4.89. The fourth-order valence-corrected chi connectivity index (χ4v) is 1.74. The average molecular weight is 357 g/mol. The van der Waals surface area contributed by atoms with Gasteiger partial charge in [0.25, 0.3) is 6.43 Å². The number of aromatic carboxylic acids is 1. The SMILES string of the molecule is O=C(O)C(F)(F)F.O=C(O)c1cn(CC(F)F)c2ccc(F)cc12. The minimum absolute atomic E-state index is 0.123. The highest BCUT2D eigenvalue weighted by Crippen LogP contribution is 2.23. The zero-order valence-electron chi connectivity index (χ0n) is 11.5. The van der Waals surface area contributed by atoms with Crippen molar-refractivity contribution in [2.24, 2.45) is 0 Å². The predicted octanol–water partition coefficient (Wildman–Crippen LogP) is 3.38. The molecule has 5 nitrogen and oxygen atoms in total. The number of carboxylic acid groups (broad SMARTS) is 2. The van der Waals surface area contributed by atoms with E-state index in [9.17, 15) is 31.1 Å². The first-order valence-corrected chi connectivity index (χ1v) is 6.03. The first kappa shape index (κ1) is 19.3. The summed E-state index contributed by atoms with van der Waals surface area (Å²) in [6.45, 7) is -0.616. The molecule has 1 aromatic carbocycles. The Morgan fingerprint density at radius 2 is 1.71 bits per heavy atom. The Bertz CT molecular complexity index is 753. The Hall–Kier alpha value is -2.72. The lowest BCUT2D eigenvalue weighted by Gasteiger charge is -2.03. The summed E-state index contributed by atoms with van der Waals surface area (Å²) in [4.78, 5) is 19.8. The van der Waals surface area contributed by atoms with Gasteiger partial charge >= 0.3 is 18.1 Å². The number of hydrogen-bond donors (Lipinski definition) is 2. The van der Waals surface area contributed by atoms with Crippen LogP contribution in [0.4, 0.5) is 26.3 Å². The minimum Gasteiger partial charge on any atom is -0.478 e. The van der Waals surface area contributed by atoms with Gasteiger partial charge in [-0.15, -0.1) is 0 Å². The Kier molecular flexibility index (Phi) is 5.83. The van der Waals surface area contributed by atoms with Crippen molar-refractivity contribution in [3.63, 3.8) is 0 Å². The number of aromatic nitrogens is 1. The number of carbonyl (C=O) groups is 2. The van der Waals surface area contributed by atoms with E-state index in [2.05, 4.69) is 0 Å². The molecule has 0 spiro atoms. The molecule has 2 N–H and O–H groups in total. The number of aliphatic carboxylic acids is 1. The molecular weight excluding hydrogens is 348 g/mol. The van der Waals surface area contributed by atoms with E-state index in [0.717, 1.165) is 22.9 Å². The van der Waals surface area contributed by atoms with Crippen molar-refractivity contribution in [3.05, 3.63) is 35.8 Å². The standard InChI is InChI=1S/C11H8F3NO2.C2HF3O2/c12-6-1-2-9-7(3-6)8(11(16)17)4-15(9)5-10(13)14;3-2(4,5)1(6)7/h1-4,10H,5H2,(H,16,17);(H,6,7). The van der Waals surface area contributed by atoms with Gasteiger partial charge in [-0.1, -0.05) is 0 Å². The van der Waals surface area contributed by atoms with Crippen LogP contribution in [0.15, 0.2) is 24.4 Å². The first-order chi connectivity index (χ1) is 10.9. The first-order valence-electron chi connectivity index (χ1n) is 6.03. The van der Waals surface area contributed by atoms with Gasteiger partial charge in [0.05, 0.1) is 12.1 Å². The third-order valence-corrected chi connectivity index (χ3v) is 2.65. The molecule has 132 valence electrons. The van der Waals surface area contributed by atoms with Crippen LogP contribution in [0.2, 0.25) is 0 Å². The summed E-state index contributed by atoms with van der Waals surface area (Å²) < 4.78 is 70.4. The van der Waals surface area contributed by atoms with Crippen LogP contribution in [0.1, 0.15) is 10.4 Å². The van der Waals surface area contributed by atoms with E-state index in [1.807, 2.05) is 0 Å². The summed E-state index contributed by atoms with van der Waals surface area (Å²) >= 11 is 0. The summed E-state index contributed by atoms with van der Waals surface area (Å²) in [5.74, 6) is -4.63. The highest BCUT2D eigenvalue weighted by atomic mass is 19.4. The molecule has 1 heterocycles. The van der Waals surface area contributed by atoms with Crippen molar-refractivity contribution in [1.82, 2.24) is 4.57 Å². The van der Waals surface area contributed by atoms with Crippen LogP contribution in [-0.4, -0.2) is 39.3 Å². The van der Waals surface area contributed by atoms with E-state index in [4.69, 9.17) is 15.0 Å². The van der Waals surface area contributed by atoms with E-state index >= 15 is 0 Å². The molecule has 1 aromatic heterocycles. The summed E-state index contributed by atoms with van der Waals surface area (Å²) in [6.07, 6.45) is -6.59. The number of carboxylic acids is 2. The number of hydrogen-bond acceptors (Lipinski definition) is 2.